The molecule has 21 heavy (non-hydrogen) atoms. The summed E-state index contributed by atoms with van der Waals surface area (Å²) in [5.41, 5.74) is 1.70. The van der Waals surface area contributed by atoms with Crippen molar-refractivity contribution in [3.8, 4) is 0 Å². The van der Waals surface area contributed by atoms with E-state index in [1.807, 2.05) is 18.2 Å². The molecule has 0 saturated carbocycles. The summed E-state index contributed by atoms with van der Waals surface area (Å²) in [6, 6.07) is 7.43. The first-order valence-electron chi connectivity index (χ1n) is 5.65. The van der Waals surface area contributed by atoms with E-state index in [2.05, 4.69) is 0 Å². The third kappa shape index (κ3) is 6.04. The number of carbonyl (C=O) groups is 2. The van der Waals surface area contributed by atoms with Crippen LogP contribution < -0.4 is 0 Å². The van der Waals surface area contributed by atoms with Gasteiger partial charge in [0.05, 0.1) is 5.56 Å². The van der Waals surface area contributed by atoms with Gasteiger partial charge in [0.2, 0.25) is 0 Å². The minimum atomic E-state index is -4.33. The molecule has 1 aromatic carbocycles. The number of halogens is 3. The number of carboxylic acids is 1. The predicted molar refractivity (Wildman–Crippen MR) is 67.7 cm³/mol. The summed E-state index contributed by atoms with van der Waals surface area (Å²) < 4.78 is 38.7. The van der Waals surface area contributed by atoms with Crippen molar-refractivity contribution in [1.82, 2.24) is 0 Å². The normalized spacial score (nSPS) is 13.9. The van der Waals surface area contributed by atoms with Crippen molar-refractivity contribution in [3.63, 3.8) is 0 Å². The molecule has 112 valence electrons. The van der Waals surface area contributed by atoms with Crippen LogP contribution in [0.3, 0.4) is 0 Å². The summed E-state index contributed by atoms with van der Waals surface area (Å²) in [7, 11) is 0. The molecule has 0 aliphatic carbocycles. The van der Waals surface area contributed by atoms with Gasteiger partial charge in [0, 0.05) is 5.56 Å². The molecule has 0 spiro atoms. The van der Waals surface area contributed by atoms with Crippen molar-refractivity contribution in [2.24, 2.45) is 0 Å². The smallest absolute Gasteiger partial charge is 0.338 e. The van der Waals surface area contributed by atoms with E-state index >= 15 is 0 Å². The van der Waals surface area contributed by atoms with Crippen LogP contribution >= 0.6 is 0 Å². The van der Waals surface area contributed by atoms with Crippen LogP contribution in [-0.4, -0.2) is 40.1 Å². The second-order valence-corrected chi connectivity index (χ2v) is 4.96. The Balaban J connectivity index is 0.000000210. The quantitative estimate of drug-likeness (QED) is 0.499. The minimum Gasteiger partial charge on any atom is -0.457 e. The summed E-state index contributed by atoms with van der Waals surface area (Å²) in [5.74, 6) is -1.55. The largest absolute Gasteiger partial charge is 0.457 e. The average Bonchev–Trinajstić information content (AvgIpc) is 2.78. The van der Waals surface area contributed by atoms with Crippen LogP contribution in [0, 0.1) is 0 Å². The topological polar surface area (TPSA) is 63.6 Å². The van der Waals surface area contributed by atoms with Gasteiger partial charge in [-0.1, -0.05) is 18.2 Å². The summed E-state index contributed by atoms with van der Waals surface area (Å²) in [4.78, 5) is 20.8. The number of rotatable bonds is 2. The van der Waals surface area contributed by atoms with Gasteiger partial charge in [0.1, 0.15) is 6.61 Å². The molecule has 1 aliphatic heterocycles. The fourth-order valence-electron chi connectivity index (χ4n) is 1.37. The van der Waals surface area contributed by atoms with Gasteiger partial charge in [-0.05, 0) is 6.07 Å². The number of hydrogen-bond acceptors (Lipinski definition) is 3. The number of carbonyl (C=O) groups excluding carboxylic acids is 1. The SMILES string of the molecule is O=C(O)C([As])=CCC(F)(F)F.O=C1OCc2ccccc21. The van der Waals surface area contributed by atoms with Gasteiger partial charge in [0.25, 0.3) is 0 Å². The van der Waals surface area contributed by atoms with Crippen LogP contribution in [0.25, 0.3) is 0 Å². The molecule has 0 saturated heterocycles. The second-order valence-electron chi connectivity index (χ2n) is 3.95. The standard InChI is InChI=1S/C8H6O2.C5H4AsF3O2/c9-8-7-4-2-1-3-6(7)5-10-8;6-3(4(10)11)1-2-5(7,8)9/h1-4H,5H2;1H,2H2,(H,10,11). The van der Waals surface area contributed by atoms with Gasteiger partial charge in [-0.3, -0.25) is 0 Å². The van der Waals surface area contributed by atoms with E-state index in [1.165, 1.54) is 0 Å². The van der Waals surface area contributed by atoms with Crippen LogP contribution in [0.1, 0.15) is 22.3 Å². The molecule has 2 rings (SSSR count). The van der Waals surface area contributed by atoms with E-state index in [9.17, 15) is 22.8 Å². The maximum Gasteiger partial charge on any atom is 0.338 e. The first-order valence-corrected chi connectivity index (χ1v) is 6.58. The Hall–Kier alpha value is -1.75. The number of aliphatic carboxylic acids is 1. The fraction of sp³-hybridized carbons (Fsp3) is 0.231. The predicted octanol–water partition coefficient (Wildman–Crippen LogP) is 2.43. The van der Waals surface area contributed by atoms with Gasteiger partial charge in [-0.2, -0.15) is 0 Å². The molecule has 1 heterocycles. The van der Waals surface area contributed by atoms with E-state index in [0.29, 0.717) is 18.2 Å². The Morgan fingerprint density at radius 3 is 2.52 bits per heavy atom. The molecule has 1 N–H and O–H groups in total. The Morgan fingerprint density at radius 1 is 1.38 bits per heavy atom. The van der Waals surface area contributed by atoms with Crippen molar-refractivity contribution in [2.75, 3.05) is 0 Å². The Kier molecular flexibility index (Phi) is 6.02. The van der Waals surface area contributed by atoms with E-state index in [0.717, 1.165) is 5.56 Å². The second kappa shape index (κ2) is 7.31. The molecule has 1 aromatic rings. The summed E-state index contributed by atoms with van der Waals surface area (Å²) >= 11 is 1.56. The molecule has 1 aliphatic rings. The zero-order valence-corrected chi connectivity index (χ0v) is 12.4. The average molecular weight is 362 g/mol. The van der Waals surface area contributed by atoms with E-state index in [1.54, 1.807) is 22.9 Å². The van der Waals surface area contributed by atoms with Crippen LogP contribution in [0.2, 0.25) is 0 Å². The van der Waals surface area contributed by atoms with Gasteiger partial charge in [-0.25, -0.2) is 4.79 Å². The molecule has 2 radical (unpaired) electrons. The molecular formula is C13H10AsF3O4. The number of benzene rings is 1. The zero-order chi connectivity index (χ0) is 16.0. The van der Waals surface area contributed by atoms with Crippen LogP contribution in [0.5, 0.6) is 0 Å². The molecule has 0 aromatic heterocycles. The van der Waals surface area contributed by atoms with E-state index in [4.69, 9.17) is 9.84 Å². The van der Waals surface area contributed by atoms with Crippen molar-refractivity contribution >= 4 is 28.8 Å². The van der Waals surface area contributed by atoms with Crippen molar-refractivity contribution in [2.45, 2.75) is 19.2 Å². The fourth-order valence-corrected chi connectivity index (χ4v) is 1.56. The number of allylic oxidation sites excluding steroid dienone is 1. The van der Waals surface area contributed by atoms with Gasteiger partial charge in [-0.15, -0.1) is 0 Å². The van der Waals surface area contributed by atoms with E-state index < -0.39 is 18.6 Å². The van der Waals surface area contributed by atoms with Crippen LogP contribution in [0.15, 0.2) is 34.7 Å². The molecular weight excluding hydrogens is 352 g/mol. The Morgan fingerprint density at radius 2 is 2.00 bits per heavy atom. The molecule has 0 fully saturated rings. The number of cyclic esters (lactones) is 1. The summed E-state index contributed by atoms with van der Waals surface area (Å²) in [6.45, 7) is 0.439. The molecule has 0 bridgehead atoms. The van der Waals surface area contributed by atoms with Crippen LogP contribution in [0.4, 0.5) is 13.2 Å². The van der Waals surface area contributed by atoms with Crippen LogP contribution in [-0.2, 0) is 16.1 Å². The molecule has 8 heteroatoms. The number of esters is 1. The molecule has 0 amide bonds. The number of ether oxygens (including phenoxy) is 1. The maximum absolute atomic E-state index is 11.4. The van der Waals surface area contributed by atoms with Gasteiger partial charge in [0.15, 0.2) is 0 Å². The third-order valence-corrected chi connectivity index (χ3v) is 3.13. The number of hydrogen-bond donors (Lipinski definition) is 1. The maximum atomic E-state index is 11.4. The molecule has 0 unspecified atom stereocenters. The van der Waals surface area contributed by atoms with Crippen molar-refractivity contribution in [1.29, 1.82) is 0 Å². The van der Waals surface area contributed by atoms with Gasteiger partial charge < -0.3 is 4.74 Å². The molecule has 0 atom stereocenters. The van der Waals surface area contributed by atoms with E-state index in [-0.39, 0.29) is 10.3 Å². The summed E-state index contributed by atoms with van der Waals surface area (Å²) in [5, 5.41) is 8.13. The number of alkyl halides is 3. The Labute approximate surface area is 127 Å². The zero-order valence-electron chi connectivity index (χ0n) is 10.6. The monoisotopic (exact) mass is 362 g/mol. The number of fused-ring (bicyclic) bond motifs is 1. The number of carboxylic acid groups (broad SMARTS) is 1. The first-order chi connectivity index (χ1) is 9.70. The summed E-state index contributed by atoms with van der Waals surface area (Å²) in [6.07, 6.45) is -4.92. The van der Waals surface area contributed by atoms with Crippen molar-refractivity contribution < 1.29 is 32.6 Å². The minimum absolute atomic E-state index is 0.199. The van der Waals surface area contributed by atoms with Crippen molar-refractivity contribution in [3.05, 3.63) is 45.8 Å². The molecule has 4 nitrogen and oxygen atoms in total. The van der Waals surface area contributed by atoms with Gasteiger partial charge >= 0.3 is 74.9 Å². The Bertz CT molecular complexity index is 567. The third-order valence-electron chi connectivity index (χ3n) is 2.34. The first kappa shape index (κ1) is 17.3.